The third-order valence-electron chi connectivity index (χ3n) is 4.42. The maximum absolute atomic E-state index is 14.7. The Morgan fingerprint density at radius 2 is 1.85 bits per heavy atom. The average Bonchev–Trinajstić information content (AvgIpc) is 2.65. The summed E-state index contributed by atoms with van der Waals surface area (Å²) in [6.07, 6.45) is -4.03. The van der Waals surface area contributed by atoms with E-state index < -0.39 is 23.1 Å². The minimum Gasteiger partial charge on any atom is -0.379 e. The van der Waals surface area contributed by atoms with Gasteiger partial charge in [-0.25, -0.2) is 4.39 Å². The Morgan fingerprint density at radius 1 is 1.19 bits per heavy atom. The first kappa shape index (κ1) is 19.5. The zero-order valence-corrected chi connectivity index (χ0v) is 14.7. The van der Waals surface area contributed by atoms with E-state index in [4.69, 9.17) is 16.3 Å². The van der Waals surface area contributed by atoms with E-state index >= 15 is 0 Å². The van der Waals surface area contributed by atoms with E-state index in [0.717, 1.165) is 0 Å². The molecule has 0 saturated carbocycles. The van der Waals surface area contributed by atoms with Crippen molar-refractivity contribution >= 4 is 11.6 Å². The molecule has 2 heterocycles. The quantitative estimate of drug-likeness (QED) is 0.732. The van der Waals surface area contributed by atoms with Crippen LogP contribution in [-0.2, 0) is 16.5 Å². The van der Waals surface area contributed by atoms with E-state index in [-0.39, 0.29) is 42.6 Å². The van der Waals surface area contributed by atoms with E-state index in [9.17, 15) is 22.8 Å². The Bertz CT molecular complexity index is 878. The number of alkyl halides is 3. The van der Waals surface area contributed by atoms with Gasteiger partial charge in [0.2, 0.25) is 0 Å². The number of nitriles is 1. The molecule has 1 fully saturated rings. The highest BCUT2D eigenvalue weighted by Crippen LogP contribution is 2.41. The van der Waals surface area contributed by atoms with Crippen molar-refractivity contribution in [2.75, 3.05) is 26.3 Å². The van der Waals surface area contributed by atoms with E-state index in [2.05, 4.69) is 11.1 Å². The van der Waals surface area contributed by atoms with Gasteiger partial charge < -0.3 is 4.74 Å². The third-order valence-corrected chi connectivity index (χ3v) is 4.71. The predicted octanol–water partition coefficient (Wildman–Crippen LogP) is 3.99. The Hall–Kier alpha value is -2.21. The Balaban J connectivity index is 2.25. The van der Waals surface area contributed by atoms with E-state index in [1.165, 1.54) is 18.2 Å². The maximum Gasteiger partial charge on any atom is 0.417 e. The number of nitrogens with zero attached hydrogens (tertiary/aromatic N) is 3. The number of hydrogen-bond acceptors (Lipinski definition) is 4. The van der Waals surface area contributed by atoms with Crippen molar-refractivity contribution in [2.24, 2.45) is 0 Å². The lowest BCUT2D eigenvalue weighted by Gasteiger charge is -2.41. The van der Waals surface area contributed by atoms with E-state index in [1.54, 1.807) is 11.0 Å². The minimum absolute atomic E-state index is 0.0245. The van der Waals surface area contributed by atoms with Crippen molar-refractivity contribution in [1.82, 2.24) is 9.88 Å². The fourth-order valence-corrected chi connectivity index (χ4v) is 3.45. The van der Waals surface area contributed by atoms with Crippen LogP contribution < -0.4 is 0 Å². The first-order chi connectivity index (χ1) is 12.8. The minimum atomic E-state index is -4.64. The maximum atomic E-state index is 14.7. The van der Waals surface area contributed by atoms with Gasteiger partial charge in [0.05, 0.1) is 35.6 Å². The molecule has 0 spiro atoms. The summed E-state index contributed by atoms with van der Waals surface area (Å²) in [5, 5.41) is 9.73. The first-order valence-corrected chi connectivity index (χ1v) is 8.41. The van der Waals surface area contributed by atoms with Crippen LogP contribution in [0.25, 0.3) is 0 Å². The van der Waals surface area contributed by atoms with Crippen molar-refractivity contribution in [2.45, 2.75) is 11.7 Å². The molecule has 1 aliphatic rings. The van der Waals surface area contributed by atoms with Gasteiger partial charge in [-0.05, 0) is 12.1 Å². The molecule has 142 valence electrons. The second-order valence-corrected chi connectivity index (χ2v) is 6.36. The topological polar surface area (TPSA) is 49.2 Å². The Labute approximate surface area is 157 Å². The van der Waals surface area contributed by atoms with Crippen LogP contribution in [0.4, 0.5) is 17.6 Å². The molecule has 0 amide bonds. The molecular weight excluding hydrogens is 386 g/mol. The molecule has 27 heavy (non-hydrogen) atoms. The summed E-state index contributed by atoms with van der Waals surface area (Å²) in [5.41, 5.74) is -3.00. The summed E-state index contributed by atoms with van der Waals surface area (Å²) in [4.78, 5) is 5.48. The second-order valence-electron chi connectivity index (χ2n) is 5.95. The van der Waals surface area contributed by atoms with Crippen molar-refractivity contribution in [3.05, 3.63) is 64.2 Å². The number of ether oxygens (including phenoxy) is 1. The van der Waals surface area contributed by atoms with Crippen LogP contribution in [0, 0.1) is 17.1 Å². The summed E-state index contributed by atoms with van der Waals surface area (Å²) in [7, 11) is 0. The van der Waals surface area contributed by atoms with Gasteiger partial charge >= 0.3 is 6.18 Å². The van der Waals surface area contributed by atoms with Crippen LogP contribution in [-0.4, -0.2) is 36.2 Å². The highest BCUT2D eigenvalue weighted by atomic mass is 35.5. The summed E-state index contributed by atoms with van der Waals surface area (Å²) in [5.74, 6) is -0.677. The standard InChI is InChI=1S/C18H14ClF4N3O/c19-14-9-12(18(21,22)23)10-25-16(14)17(11-24,26-5-7-27-8-6-26)13-3-1-2-4-15(13)20/h1-4,9-10H,5-8H2. The molecule has 9 heteroatoms. The summed E-state index contributed by atoms with van der Waals surface area (Å²) >= 11 is 6.13. The van der Waals surface area contributed by atoms with Gasteiger partial charge in [0.1, 0.15) is 5.82 Å². The monoisotopic (exact) mass is 399 g/mol. The van der Waals surface area contributed by atoms with Gasteiger partial charge in [-0.15, -0.1) is 0 Å². The van der Waals surface area contributed by atoms with Crippen LogP contribution in [0.3, 0.4) is 0 Å². The van der Waals surface area contributed by atoms with Crippen molar-refractivity contribution in [1.29, 1.82) is 5.26 Å². The Kier molecular flexibility index (Phi) is 5.38. The molecule has 1 aromatic heterocycles. The lowest BCUT2D eigenvalue weighted by atomic mass is 9.84. The molecule has 0 bridgehead atoms. The van der Waals surface area contributed by atoms with Crippen LogP contribution in [0.15, 0.2) is 36.5 Å². The number of benzene rings is 1. The molecule has 0 N–H and O–H groups in total. The normalized spacial score (nSPS) is 17.9. The lowest BCUT2D eigenvalue weighted by molar-refractivity contribution is -0.137. The predicted molar refractivity (Wildman–Crippen MR) is 89.4 cm³/mol. The molecule has 4 nitrogen and oxygen atoms in total. The smallest absolute Gasteiger partial charge is 0.379 e. The van der Waals surface area contributed by atoms with Gasteiger partial charge in [-0.1, -0.05) is 29.8 Å². The molecule has 2 aromatic rings. The SMILES string of the molecule is N#CC(c1ccccc1F)(c1ncc(C(F)(F)F)cc1Cl)N1CCOCC1. The second kappa shape index (κ2) is 7.43. The third kappa shape index (κ3) is 3.50. The van der Waals surface area contributed by atoms with Crippen molar-refractivity contribution < 1.29 is 22.3 Å². The number of rotatable bonds is 3. The Morgan fingerprint density at radius 3 is 2.41 bits per heavy atom. The van der Waals surface area contributed by atoms with Gasteiger partial charge in [0.25, 0.3) is 0 Å². The average molecular weight is 400 g/mol. The summed E-state index contributed by atoms with van der Waals surface area (Å²) in [6.45, 7) is 1.11. The zero-order chi connectivity index (χ0) is 19.7. The molecule has 0 aliphatic carbocycles. The first-order valence-electron chi connectivity index (χ1n) is 8.03. The van der Waals surface area contributed by atoms with E-state index in [0.29, 0.717) is 12.3 Å². The van der Waals surface area contributed by atoms with Gasteiger partial charge in [0, 0.05) is 24.8 Å². The molecule has 1 saturated heterocycles. The molecule has 3 rings (SSSR count). The number of aromatic nitrogens is 1. The molecule has 1 atom stereocenters. The largest absolute Gasteiger partial charge is 0.417 e. The molecular formula is C18H14ClF4N3O. The number of pyridine rings is 1. The molecule has 1 aromatic carbocycles. The van der Waals surface area contributed by atoms with Gasteiger partial charge in [0.15, 0.2) is 5.54 Å². The van der Waals surface area contributed by atoms with Gasteiger partial charge in [-0.2, -0.15) is 18.4 Å². The van der Waals surface area contributed by atoms with Crippen molar-refractivity contribution in [3.8, 4) is 6.07 Å². The molecule has 1 unspecified atom stereocenters. The highest BCUT2D eigenvalue weighted by Gasteiger charge is 2.46. The summed E-state index contributed by atoms with van der Waals surface area (Å²) < 4.78 is 58.8. The van der Waals surface area contributed by atoms with Crippen molar-refractivity contribution in [3.63, 3.8) is 0 Å². The fourth-order valence-electron chi connectivity index (χ4n) is 3.14. The lowest BCUT2D eigenvalue weighted by Crippen LogP contribution is -2.52. The van der Waals surface area contributed by atoms with Gasteiger partial charge in [-0.3, -0.25) is 9.88 Å². The number of halogens is 5. The summed E-state index contributed by atoms with van der Waals surface area (Å²) in [6, 6.07) is 8.36. The van der Waals surface area contributed by atoms with Crippen LogP contribution in [0.1, 0.15) is 16.8 Å². The highest BCUT2D eigenvalue weighted by molar-refractivity contribution is 6.31. The van der Waals surface area contributed by atoms with Crippen LogP contribution >= 0.6 is 11.6 Å². The molecule has 1 aliphatic heterocycles. The van der Waals surface area contributed by atoms with E-state index in [1.807, 2.05) is 0 Å². The zero-order valence-electron chi connectivity index (χ0n) is 13.9. The number of hydrogen-bond donors (Lipinski definition) is 0. The number of morpholine rings is 1. The van der Waals surface area contributed by atoms with Crippen LogP contribution in [0.5, 0.6) is 0 Å². The molecule has 0 radical (unpaired) electrons. The fraction of sp³-hybridized carbons (Fsp3) is 0.333. The van der Waals surface area contributed by atoms with Crippen LogP contribution in [0.2, 0.25) is 5.02 Å².